The van der Waals surface area contributed by atoms with E-state index < -0.39 is 0 Å². The van der Waals surface area contributed by atoms with E-state index in [0.717, 1.165) is 12.8 Å². The lowest BCUT2D eigenvalue weighted by Gasteiger charge is -2.07. The van der Waals surface area contributed by atoms with Crippen LogP contribution in [0.2, 0.25) is 0 Å². The van der Waals surface area contributed by atoms with Crippen molar-refractivity contribution in [1.82, 2.24) is 20.0 Å². The Labute approximate surface area is 166 Å². The molecule has 9 nitrogen and oxygen atoms in total. The fraction of sp³-hybridized carbons (Fsp3) is 0.250. The van der Waals surface area contributed by atoms with Crippen LogP contribution in [0.4, 0.5) is 5.69 Å². The van der Waals surface area contributed by atoms with Crippen LogP contribution in [0, 0.1) is 6.92 Å². The summed E-state index contributed by atoms with van der Waals surface area (Å²) < 4.78 is 6.62. The number of carbonyl (C=O) groups is 2. The Kier molecular flexibility index (Phi) is 6.18. The lowest BCUT2D eigenvalue weighted by molar-refractivity contribution is 0.0499. The normalized spacial score (nSPS) is 10.6. The van der Waals surface area contributed by atoms with E-state index >= 15 is 0 Å². The molecular weight excluding hydrogens is 374 g/mol. The highest BCUT2D eigenvalue weighted by molar-refractivity contribution is 6.05. The highest BCUT2D eigenvalue weighted by Gasteiger charge is 2.16. The van der Waals surface area contributed by atoms with Gasteiger partial charge in [0.15, 0.2) is 5.82 Å². The molecule has 0 atom stereocenters. The fourth-order valence-electron chi connectivity index (χ4n) is 2.60. The Bertz CT molecular complexity index is 1050. The molecule has 0 spiro atoms. The van der Waals surface area contributed by atoms with Gasteiger partial charge in [-0.1, -0.05) is 13.3 Å². The minimum absolute atomic E-state index is 0.325. The first-order valence-corrected chi connectivity index (χ1v) is 9.19. The van der Waals surface area contributed by atoms with Gasteiger partial charge in [0.05, 0.1) is 29.6 Å². The summed E-state index contributed by atoms with van der Waals surface area (Å²) in [5.41, 5.74) is 1.56. The predicted octanol–water partition coefficient (Wildman–Crippen LogP) is 2.47. The van der Waals surface area contributed by atoms with Gasteiger partial charge in [-0.2, -0.15) is 10.2 Å². The van der Waals surface area contributed by atoms with Gasteiger partial charge in [-0.15, -0.1) is 0 Å². The van der Waals surface area contributed by atoms with Gasteiger partial charge < -0.3 is 10.1 Å². The van der Waals surface area contributed by atoms with Gasteiger partial charge in [0.25, 0.3) is 11.5 Å². The van der Waals surface area contributed by atoms with Crippen LogP contribution in [0.3, 0.4) is 0 Å². The van der Waals surface area contributed by atoms with Crippen molar-refractivity contribution in [3.05, 3.63) is 69.8 Å². The molecule has 0 aliphatic rings. The van der Waals surface area contributed by atoms with Crippen LogP contribution in [0.1, 0.15) is 46.2 Å². The molecule has 0 radical (unpaired) electrons. The Balaban J connectivity index is 1.68. The number of benzene rings is 1. The number of esters is 1. The quantitative estimate of drug-likeness (QED) is 0.469. The van der Waals surface area contributed by atoms with Crippen molar-refractivity contribution < 1.29 is 14.3 Å². The molecule has 0 saturated carbocycles. The number of aromatic amines is 1. The van der Waals surface area contributed by atoms with Gasteiger partial charge in [-0.3, -0.25) is 9.59 Å². The first-order chi connectivity index (χ1) is 14.0. The second kappa shape index (κ2) is 8.96. The Hall–Kier alpha value is -3.75. The monoisotopic (exact) mass is 395 g/mol. The van der Waals surface area contributed by atoms with Crippen LogP contribution in [0.15, 0.2) is 47.4 Å². The van der Waals surface area contributed by atoms with E-state index in [1.54, 1.807) is 31.2 Å². The lowest BCUT2D eigenvalue weighted by Crippen LogP contribution is -2.14. The van der Waals surface area contributed by atoms with Crippen LogP contribution in [0.5, 0.6) is 0 Å². The summed E-state index contributed by atoms with van der Waals surface area (Å²) in [7, 11) is 0. The smallest absolute Gasteiger partial charge is 0.338 e. The maximum absolute atomic E-state index is 12.6. The molecule has 0 saturated heterocycles. The lowest BCUT2D eigenvalue weighted by atomic mass is 10.2. The van der Waals surface area contributed by atoms with Crippen LogP contribution in [0.25, 0.3) is 5.82 Å². The molecular formula is C20H21N5O4. The zero-order chi connectivity index (χ0) is 20.8. The van der Waals surface area contributed by atoms with Crippen LogP contribution in [-0.2, 0) is 4.74 Å². The molecule has 0 unspecified atom stereocenters. The standard InChI is InChI=1S/C20H21N5O4/c1-3-4-11-29-20(28)14-5-7-15(8-6-14)22-19(27)16-12-21-25(13(16)2)17-9-10-18(26)24-23-17/h5-10,12H,3-4,11H2,1-2H3,(H,22,27)(H,24,26). The van der Waals surface area contributed by atoms with E-state index in [2.05, 4.69) is 20.6 Å². The van der Waals surface area contributed by atoms with E-state index in [1.165, 1.54) is 23.0 Å². The minimum atomic E-state index is -0.387. The SMILES string of the molecule is CCCCOC(=O)c1ccc(NC(=O)c2cnn(-c3ccc(=O)[nH]n3)c2C)cc1. The molecule has 29 heavy (non-hydrogen) atoms. The summed E-state index contributed by atoms with van der Waals surface area (Å²) in [6.45, 7) is 4.14. The van der Waals surface area contributed by atoms with Crippen LogP contribution < -0.4 is 10.9 Å². The van der Waals surface area contributed by atoms with Crippen LogP contribution in [-0.4, -0.2) is 38.5 Å². The summed E-state index contributed by atoms with van der Waals surface area (Å²) in [4.78, 5) is 35.7. The number of hydrogen-bond donors (Lipinski definition) is 2. The second-order valence-corrected chi connectivity index (χ2v) is 6.36. The van der Waals surface area contributed by atoms with E-state index in [9.17, 15) is 14.4 Å². The minimum Gasteiger partial charge on any atom is -0.462 e. The molecule has 1 amide bonds. The maximum atomic E-state index is 12.6. The first kappa shape index (κ1) is 20.0. The molecule has 0 aliphatic carbocycles. The number of aromatic nitrogens is 4. The Morgan fingerprint density at radius 1 is 1.17 bits per heavy atom. The molecule has 150 valence electrons. The van der Waals surface area contributed by atoms with Crippen molar-refractivity contribution in [2.24, 2.45) is 0 Å². The molecule has 2 N–H and O–H groups in total. The van der Waals surface area contributed by atoms with Crippen molar-refractivity contribution >= 4 is 17.6 Å². The van der Waals surface area contributed by atoms with Gasteiger partial charge >= 0.3 is 5.97 Å². The van der Waals surface area contributed by atoms with E-state index in [0.29, 0.717) is 34.9 Å². The van der Waals surface area contributed by atoms with Crippen molar-refractivity contribution in [2.75, 3.05) is 11.9 Å². The zero-order valence-corrected chi connectivity index (χ0v) is 16.1. The number of unbranched alkanes of at least 4 members (excludes halogenated alkanes) is 1. The first-order valence-electron chi connectivity index (χ1n) is 9.19. The van der Waals surface area contributed by atoms with Gasteiger partial charge in [-0.25, -0.2) is 14.6 Å². The topological polar surface area (TPSA) is 119 Å². The van der Waals surface area contributed by atoms with E-state index in [-0.39, 0.29) is 17.4 Å². The number of nitrogens with one attached hydrogen (secondary N) is 2. The zero-order valence-electron chi connectivity index (χ0n) is 16.1. The molecule has 1 aromatic carbocycles. The molecule has 9 heteroatoms. The molecule has 3 rings (SSSR count). The van der Waals surface area contributed by atoms with Crippen molar-refractivity contribution in [3.63, 3.8) is 0 Å². The van der Waals surface area contributed by atoms with Gasteiger partial charge in [0, 0.05) is 11.8 Å². The number of H-pyrrole nitrogens is 1. The van der Waals surface area contributed by atoms with Gasteiger partial charge in [0.2, 0.25) is 0 Å². The summed E-state index contributed by atoms with van der Waals surface area (Å²) >= 11 is 0. The number of carbonyl (C=O) groups excluding carboxylic acids is 2. The third-order valence-electron chi connectivity index (χ3n) is 4.25. The Morgan fingerprint density at radius 3 is 2.59 bits per heavy atom. The van der Waals surface area contributed by atoms with Crippen molar-refractivity contribution in [1.29, 1.82) is 0 Å². The van der Waals surface area contributed by atoms with Crippen molar-refractivity contribution in [3.8, 4) is 5.82 Å². The number of amides is 1. The number of nitrogens with zero attached hydrogens (tertiary/aromatic N) is 3. The number of anilines is 1. The average Bonchev–Trinajstić information content (AvgIpc) is 3.11. The van der Waals surface area contributed by atoms with E-state index in [4.69, 9.17) is 4.74 Å². The summed E-state index contributed by atoms with van der Waals surface area (Å²) in [5.74, 6) is -0.342. The van der Waals surface area contributed by atoms with E-state index in [1.807, 2.05) is 6.92 Å². The molecule has 2 aromatic heterocycles. The fourth-order valence-corrected chi connectivity index (χ4v) is 2.60. The average molecular weight is 395 g/mol. The highest BCUT2D eigenvalue weighted by atomic mass is 16.5. The summed E-state index contributed by atoms with van der Waals surface area (Å²) in [5, 5.41) is 13.2. The number of hydrogen-bond acceptors (Lipinski definition) is 6. The molecule has 0 fully saturated rings. The molecule has 3 aromatic rings. The third-order valence-corrected chi connectivity index (χ3v) is 4.25. The van der Waals surface area contributed by atoms with Gasteiger partial charge in [-0.05, 0) is 43.7 Å². The summed E-state index contributed by atoms with van der Waals surface area (Å²) in [6, 6.07) is 9.32. The molecule has 2 heterocycles. The van der Waals surface area contributed by atoms with Crippen molar-refractivity contribution in [2.45, 2.75) is 26.7 Å². The number of rotatable bonds is 7. The number of ether oxygens (including phenoxy) is 1. The molecule has 0 aliphatic heterocycles. The maximum Gasteiger partial charge on any atom is 0.338 e. The van der Waals surface area contributed by atoms with Gasteiger partial charge in [0.1, 0.15) is 0 Å². The largest absolute Gasteiger partial charge is 0.462 e. The predicted molar refractivity (Wildman–Crippen MR) is 106 cm³/mol. The highest BCUT2D eigenvalue weighted by Crippen LogP contribution is 2.16. The summed E-state index contributed by atoms with van der Waals surface area (Å²) in [6.07, 6.45) is 3.20. The third kappa shape index (κ3) is 4.75. The second-order valence-electron chi connectivity index (χ2n) is 6.36. The molecule has 0 bridgehead atoms. The Morgan fingerprint density at radius 2 is 1.93 bits per heavy atom. The van der Waals surface area contributed by atoms with Crippen LogP contribution >= 0.6 is 0 Å².